The van der Waals surface area contributed by atoms with Crippen molar-refractivity contribution >= 4 is 50.2 Å². The van der Waals surface area contributed by atoms with Crippen molar-refractivity contribution in [2.45, 2.75) is 24.9 Å². The molecular formula is C19H19BrFN5OS. The van der Waals surface area contributed by atoms with Crippen LogP contribution in [0.25, 0.3) is 0 Å². The number of allylic oxidation sites excluding steroid dienone is 2. The zero-order valence-corrected chi connectivity index (χ0v) is 17.5. The van der Waals surface area contributed by atoms with Crippen molar-refractivity contribution in [2.24, 2.45) is 21.7 Å². The standard InChI is InChI=1S/C19H19BrFN5OS/c1-19(6-7-28-18(22)24-19)13-9-11(3-4-14(13)21)23-17(27)16-12-8-10(20)2-5-15(12)25-26-16/h2-5,8-9,12,15,25H,6-7H2,1H3,(H2,22,24)(H,23,27). The third-order valence-electron chi connectivity index (χ3n) is 5.07. The van der Waals surface area contributed by atoms with E-state index in [0.717, 1.165) is 10.2 Å². The lowest BCUT2D eigenvalue weighted by Crippen LogP contribution is -2.33. The maximum atomic E-state index is 14.5. The number of aliphatic imine (C=N–C) groups is 1. The molecule has 2 heterocycles. The number of carbonyl (C=O) groups is 1. The van der Waals surface area contributed by atoms with Crippen LogP contribution in [0.1, 0.15) is 18.9 Å². The van der Waals surface area contributed by atoms with Gasteiger partial charge in [0.2, 0.25) is 0 Å². The minimum atomic E-state index is -0.751. The number of halogens is 2. The summed E-state index contributed by atoms with van der Waals surface area (Å²) in [5.41, 5.74) is 9.37. The van der Waals surface area contributed by atoms with E-state index in [1.807, 2.05) is 25.2 Å². The normalized spacial score (nSPS) is 28.6. The highest BCUT2D eigenvalue weighted by Gasteiger charge is 2.35. The number of benzene rings is 1. The first-order valence-electron chi connectivity index (χ1n) is 8.84. The van der Waals surface area contributed by atoms with Crippen molar-refractivity contribution in [1.29, 1.82) is 0 Å². The van der Waals surface area contributed by atoms with E-state index in [9.17, 15) is 9.18 Å². The summed E-state index contributed by atoms with van der Waals surface area (Å²) in [7, 11) is 0. The van der Waals surface area contributed by atoms with E-state index in [-0.39, 0.29) is 23.7 Å². The lowest BCUT2D eigenvalue weighted by atomic mass is 9.89. The summed E-state index contributed by atoms with van der Waals surface area (Å²) in [6.45, 7) is 1.86. The number of fused-ring (bicyclic) bond motifs is 1. The first-order chi connectivity index (χ1) is 13.4. The first-order valence-corrected chi connectivity index (χ1v) is 10.6. The van der Waals surface area contributed by atoms with Crippen LogP contribution in [0, 0.1) is 11.7 Å². The van der Waals surface area contributed by atoms with Crippen molar-refractivity contribution < 1.29 is 9.18 Å². The predicted octanol–water partition coefficient (Wildman–Crippen LogP) is 3.22. The molecule has 0 radical (unpaired) electrons. The quantitative estimate of drug-likeness (QED) is 0.641. The molecule has 2 aliphatic heterocycles. The average Bonchev–Trinajstić information content (AvgIpc) is 3.06. The molecule has 3 atom stereocenters. The number of hydrogen-bond donors (Lipinski definition) is 3. The first kappa shape index (κ1) is 19.2. The number of rotatable bonds is 3. The Bertz CT molecular complexity index is 960. The van der Waals surface area contributed by atoms with Gasteiger partial charge in [0.05, 0.1) is 17.5 Å². The maximum Gasteiger partial charge on any atom is 0.272 e. The Hall–Kier alpha value is -2.13. The Morgan fingerprint density at radius 3 is 3.11 bits per heavy atom. The molecule has 28 heavy (non-hydrogen) atoms. The fourth-order valence-electron chi connectivity index (χ4n) is 3.53. The zero-order chi connectivity index (χ0) is 19.9. The fraction of sp³-hybridized carbons (Fsp3) is 0.316. The van der Waals surface area contributed by atoms with Gasteiger partial charge in [0.25, 0.3) is 5.91 Å². The second kappa shape index (κ2) is 7.36. The highest BCUT2D eigenvalue weighted by molar-refractivity contribution is 9.11. The van der Waals surface area contributed by atoms with Crippen LogP contribution in [0.2, 0.25) is 0 Å². The van der Waals surface area contributed by atoms with Crippen LogP contribution in [0.15, 0.2) is 51.0 Å². The van der Waals surface area contributed by atoms with E-state index in [1.54, 1.807) is 6.07 Å². The molecule has 1 aromatic carbocycles. The second-order valence-electron chi connectivity index (χ2n) is 7.06. The molecule has 0 saturated heterocycles. The summed E-state index contributed by atoms with van der Waals surface area (Å²) < 4.78 is 15.4. The molecule has 0 aromatic heterocycles. The van der Waals surface area contributed by atoms with Crippen LogP contribution in [-0.4, -0.2) is 28.6 Å². The van der Waals surface area contributed by atoms with Gasteiger partial charge >= 0.3 is 0 Å². The van der Waals surface area contributed by atoms with Crippen LogP contribution in [0.3, 0.4) is 0 Å². The second-order valence-corrected chi connectivity index (χ2v) is 9.09. The number of anilines is 1. The number of amides is 1. The van der Waals surface area contributed by atoms with Gasteiger partial charge in [0, 0.05) is 21.5 Å². The molecule has 1 aromatic rings. The molecule has 1 amide bonds. The van der Waals surface area contributed by atoms with Gasteiger partial charge in [-0.25, -0.2) is 4.39 Å². The van der Waals surface area contributed by atoms with Gasteiger partial charge in [0.15, 0.2) is 5.17 Å². The molecule has 9 heteroatoms. The van der Waals surface area contributed by atoms with E-state index in [2.05, 4.69) is 36.8 Å². The van der Waals surface area contributed by atoms with E-state index < -0.39 is 5.54 Å². The fourth-order valence-corrected chi connectivity index (χ4v) is 4.94. The van der Waals surface area contributed by atoms with Gasteiger partial charge in [-0.2, -0.15) is 5.10 Å². The molecule has 0 saturated carbocycles. The van der Waals surface area contributed by atoms with Crippen molar-refractivity contribution in [3.05, 3.63) is 52.3 Å². The minimum absolute atomic E-state index is 0.0400. The van der Waals surface area contributed by atoms with Gasteiger partial charge in [0.1, 0.15) is 11.5 Å². The molecular weight excluding hydrogens is 445 g/mol. The van der Waals surface area contributed by atoms with Crippen molar-refractivity contribution in [1.82, 2.24) is 5.43 Å². The molecule has 6 nitrogen and oxygen atoms in total. The molecule has 0 fully saturated rings. The number of thioether (sulfide) groups is 1. The smallest absolute Gasteiger partial charge is 0.272 e. The average molecular weight is 464 g/mol. The van der Waals surface area contributed by atoms with Crippen LogP contribution >= 0.6 is 27.7 Å². The molecule has 3 aliphatic rings. The van der Waals surface area contributed by atoms with Gasteiger partial charge in [-0.15, -0.1) is 0 Å². The summed E-state index contributed by atoms with van der Waals surface area (Å²) in [4.78, 5) is 17.2. The summed E-state index contributed by atoms with van der Waals surface area (Å²) >= 11 is 4.90. The van der Waals surface area contributed by atoms with Gasteiger partial charge < -0.3 is 16.5 Å². The van der Waals surface area contributed by atoms with Crippen LogP contribution in [0.5, 0.6) is 0 Å². The Kier molecular flexibility index (Phi) is 5.05. The molecule has 4 N–H and O–H groups in total. The SMILES string of the molecule is CC1(c2cc(NC(=O)C3=NNC4C=CC(Br)=CC34)ccc2F)CCSC(N)=N1. The number of amidine groups is 1. The Morgan fingerprint density at radius 1 is 1.50 bits per heavy atom. The Morgan fingerprint density at radius 2 is 2.32 bits per heavy atom. The predicted molar refractivity (Wildman–Crippen MR) is 115 cm³/mol. The maximum absolute atomic E-state index is 14.5. The lowest BCUT2D eigenvalue weighted by molar-refractivity contribution is -0.110. The number of carbonyl (C=O) groups excluding carboxylic acids is 1. The van der Waals surface area contributed by atoms with E-state index in [0.29, 0.717) is 28.6 Å². The monoisotopic (exact) mass is 463 g/mol. The largest absolute Gasteiger partial charge is 0.379 e. The number of nitrogens with zero attached hydrogens (tertiary/aromatic N) is 2. The highest BCUT2D eigenvalue weighted by Crippen LogP contribution is 2.37. The Labute approximate surface area is 174 Å². The van der Waals surface area contributed by atoms with Crippen LogP contribution in [-0.2, 0) is 10.3 Å². The molecule has 0 bridgehead atoms. The number of hydrogen-bond acceptors (Lipinski definition) is 6. The van der Waals surface area contributed by atoms with E-state index >= 15 is 0 Å². The highest BCUT2D eigenvalue weighted by atomic mass is 79.9. The van der Waals surface area contributed by atoms with E-state index in [1.165, 1.54) is 23.9 Å². The van der Waals surface area contributed by atoms with Crippen molar-refractivity contribution in [2.75, 3.05) is 11.1 Å². The van der Waals surface area contributed by atoms with Gasteiger partial charge in [-0.1, -0.05) is 45.9 Å². The molecule has 146 valence electrons. The summed E-state index contributed by atoms with van der Waals surface area (Å²) in [6, 6.07) is 4.48. The summed E-state index contributed by atoms with van der Waals surface area (Å²) in [5.74, 6) is -0.0798. The summed E-state index contributed by atoms with van der Waals surface area (Å²) in [5, 5.41) is 7.47. The molecule has 0 spiro atoms. The van der Waals surface area contributed by atoms with Gasteiger partial charge in [-0.3, -0.25) is 9.79 Å². The van der Waals surface area contributed by atoms with Crippen molar-refractivity contribution in [3.8, 4) is 0 Å². The third-order valence-corrected chi connectivity index (χ3v) is 6.40. The molecule has 1 aliphatic carbocycles. The topological polar surface area (TPSA) is 91.9 Å². The lowest BCUT2D eigenvalue weighted by Gasteiger charge is -2.30. The number of nitrogens with one attached hydrogen (secondary N) is 2. The van der Waals surface area contributed by atoms with Crippen molar-refractivity contribution in [3.63, 3.8) is 0 Å². The van der Waals surface area contributed by atoms with Gasteiger partial charge in [-0.05, 0) is 31.5 Å². The number of nitrogens with two attached hydrogens (primary N) is 1. The Balaban J connectivity index is 1.57. The summed E-state index contributed by atoms with van der Waals surface area (Å²) in [6.07, 6.45) is 6.49. The minimum Gasteiger partial charge on any atom is -0.379 e. The zero-order valence-electron chi connectivity index (χ0n) is 15.1. The number of hydrazone groups is 1. The third kappa shape index (κ3) is 3.60. The van der Waals surface area contributed by atoms with Crippen LogP contribution < -0.4 is 16.5 Å². The molecule has 4 rings (SSSR count). The van der Waals surface area contributed by atoms with Crippen LogP contribution in [0.4, 0.5) is 10.1 Å². The molecule has 3 unspecified atom stereocenters. The van der Waals surface area contributed by atoms with E-state index in [4.69, 9.17) is 5.73 Å².